The molecule has 1 atom stereocenters. The molecule has 0 unspecified atom stereocenters. The summed E-state index contributed by atoms with van der Waals surface area (Å²) in [6, 6.07) is 13.5. The van der Waals surface area contributed by atoms with Crippen molar-refractivity contribution in [3.05, 3.63) is 54.1 Å². The van der Waals surface area contributed by atoms with Crippen molar-refractivity contribution in [2.75, 3.05) is 10.0 Å². The summed E-state index contributed by atoms with van der Waals surface area (Å²) >= 11 is 0. The minimum Gasteiger partial charge on any atom is -0.326 e. The predicted octanol–water partition coefficient (Wildman–Crippen LogP) is 3.96. The number of carbonyl (C=O) groups is 1. The van der Waals surface area contributed by atoms with Crippen LogP contribution in [0.4, 0.5) is 11.4 Å². The minimum atomic E-state index is -3.67. The molecule has 0 radical (unpaired) electrons. The first kappa shape index (κ1) is 18.0. The summed E-state index contributed by atoms with van der Waals surface area (Å²) in [7, 11) is -3.67. The van der Waals surface area contributed by atoms with Gasteiger partial charge in [-0.25, -0.2) is 8.42 Å². The molecule has 2 aromatic carbocycles. The summed E-state index contributed by atoms with van der Waals surface area (Å²) in [5.41, 5.74) is 2.05. The molecule has 6 heteroatoms. The zero-order valence-corrected chi connectivity index (χ0v) is 14.9. The zero-order valence-electron chi connectivity index (χ0n) is 14.0. The summed E-state index contributed by atoms with van der Waals surface area (Å²) in [5, 5.41) is 2.62. The lowest BCUT2D eigenvalue weighted by Crippen LogP contribution is -2.13. The molecule has 0 aromatic heterocycles. The predicted molar refractivity (Wildman–Crippen MR) is 96.7 cm³/mol. The third-order valence-corrected chi connectivity index (χ3v) is 5.20. The lowest BCUT2D eigenvalue weighted by molar-refractivity contribution is -0.114. The first-order chi connectivity index (χ1) is 11.3. The van der Waals surface area contributed by atoms with Crippen LogP contribution in [0.2, 0.25) is 0 Å². The van der Waals surface area contributed by atoms with Crippen molar-refractivity contribution < 1.29 is 13.2 Å². The van der Waals surface area contributed by atoms with Crippen LogP contribution in [0.5, 0.6) is 0 Å². The second-order valence-electron chi connectivity index (χ2n) is 5.75. The molecule has 0 saturated heterocycles. The quantitative estimate of drug-likeness (QED) is 0.831. The highest BCUT2D eigenvalue weighted by Gasteiger charge is 2.15. The maximum atomic E-state index is 12.5. The lowest BCUT2D eigenvalue weighted by Gasteiger charge is -2.12. The van der Waals surface area contributed by atoms with Gasteiger partial charge in [-0.05, 0) is 48.2 Å². The van der Waals surface area contributed by atoms with Gasteiger partial charge < -0.3 is 5.32 Å². The van der Waals surface area contributed by atoms with Crippen LogP contribution in [0.15, 0.2) is 53.4 Å². The third kappa shape index (κ3) is 4.58. The van der Waals surface area contributed by atoms with Gasteiger partial charge in [0.15, 0.2) is 0 Å². The van der Waals surface area contributed by atoms with Crippen LogP contribution in [0.3, 0.4) is 0 Å². The Hall–Kier alpha value is -2.34. The molecule has 0 fully saturated rings. The largest absolute Gasteiger partial charge is 0.326 e. The van der Waals surface area contributed by atoms with Gasteiger partial charge in [0.2, 0.25) is 5.91 Å². The second kappa shape index (κ2) is 7.49. The molecular weight excluding hydrogens is 324 g/mol. The number of hydrogen-bond donors (Lipinski definition) is 2. The number of sulfonamides is 1. The number of carbonyl (C=O) groups excluding carboxylic acids is 1. The van der Waals surface area contributed by atoms with E-state index in [2.05, 4.69) is 23.9 Å². The summed E-state index contributed by atoms with van der Waals surface area (Å²) < 4.78 is 27.5. The average Bonchev–Trinajstić information content (AvgIpc) is 2.53. The van der Waals surface area contributed by atoms with Gasteiger partial charge in [0, 0.05) is 12.6 Å². The highest BCUT2D eigenvalue weighted by molar-refractivity contribution is 7.92. The van der Waals surface area contributed by atoms with Gasteiger partial charge in [0.1, 0.15) is 0 Å². The molecule has 128 valence electrons. The second-order valence-corrected chi connectivity index (χ2v) is 7.43. The molecule has 0 heterocycles. The number of nitrogens with one attached hydrogen (secondary N) is 2. The molecular formula is C18H22N2O3S. The van der Waals surface area contributed by atoms with E-state index in [0.29, 0.717) is 17.3 Å². The molecule has 0 bridgehead atoms. The van der Waals surface area contributed by atoms with Crippen molar-refractivity contribution >= 4 is 27.3 Å². The summed E-state index contributed by atoms with van der Waals surface area (Å²) in [4.78, 5) is 11.3. The van der Waals surface area contributed by atoms with E-state index in [1.807, 2.05) is 12.1 Å². The number of rotatable bonds is 6. The van der Waals surface area contributed by atoms with E-state index < -0.39 is 10.0 Å². The SMILES string of the molecule is CC[C@H](C)c1ccc(S(=O)(=O)Nc2cccc(NC(C)=O)c2)cc1. The van der Waals surface area contributed by atoms with E-state index in [1.165, 1.54) is 6.92 Å². The highest BCUT2D eigenvalue weighted by Crippen LogP contribution is 2.23. The molecule has 0 aliphatic heterocycles. The molecule has 0 saturated carbocycles. The number of anilines is 2. The summed E-state index contributed by atoms with van der Waals surface area (Å²) in [6.45, 7) is 5.60. The van der Waals surface area contributed by atoms with Crippen LogP contribution in [0.1, 0.15) is 38.7 Å². The minimum absolute atomic E-state index is 0.208. The van der Waals surface area contributed by atoms with Gasteiger partial charge in [-0.1, -0.05) is 32.0 Å². The standard InChI is InChI=1S/C18H22N2O3S/c1-4-13(2)15-8-10-18(11-9-15)24(22,23)20-17-7-5-6-16(12-17)19-14(3)21/h5-13,20H,4H2,1-3H3,(H,19,21)/t13-/m0/s1. The third-order valence-electron chi connectivity index (χ3n) is 3.81. The van der Waals surface area contributed by atoms with E-state index in [1.54, 1.807) is 36.4 Å². The number of amides is 1. The van der Waals surface area contributed by atoms with Crippen LogP contribution in [-0.4, -0.2) is 14.3 Å². The van der Waals surface area contributed by atoms with Crippen LogP contribution in [-0.2, 0) is 14.8 Å². The van der Waals surface area contributed by atoms with E-state index in [9.17, 15) is 13.2 Å². The molecule has 0 aliphatic rings. The van der Waals surface area contributed by atoms with Crippen LogP contribution in [0, 0.1) is 0 Å². The van der Waals surface area contributed by atoms with Crippen molar-refractivity contribution in [3.63, 3.8) is 0 Å². The fourth-order valence-electron chi connectivity index (χ4n) is 2.29. The Balaban J connectivity index is 2.20. The van der Waals surface area contributed by atoms with Gasteiger partial charge >= 0.3 is 0 Å². The molecule has 2 aromatic rings. The smallest absolute Gasteiger partial charge is 0.261 e. The fraction of sp³-hybridized carbons (Fsp3) is 0.278. The topological polar surface area (TPSA) is 75.3 Å². The normalized spacial score (nSPS) is 12.5. The van der Waals surface area contributed by atoms with Gasteiger partial charge in [-0.15, -0.1) is 0 Å². The maximum Gasteiger partial charge on any atom is 0.261 e. The summed E-state index contributed by atoms with van der Waals surface area (Å²) in [5.74, 6) is 0.180. The van der Waals surface area contributed by atoms with Gasteiger partial charge in [0.05, 0.1) is 10.6 Å². The van der Waals surface area contributed by atoms with Crippen LogP contribution < -0.4 is 10.0 Å². The van der Waals surface area contributed by atoms with E-state index in [-0.39, 0.29) is 10.8 Å². The molecule has 2 N–H and O–H groups in total. The molecule has 0 aliphatic carbocycles. The monoisotopic (exact) mass is 346 g/mol. The Kier molecular flexibility index (Phi) is 5.62. The van der Waals surface area contributed by atoms with E-state index in [0.717, 1.165) is 12.0 Å². The Labute approximate surface area is 143 Å². The highest BCUT2D eigenvalue weighted by atomic mass is 32.2. The Morgan fingerprint density at radius 2 is 1.71 bits per heavy atom. The average molecular weight is 346 g/mol. The lowest BCUT2D eigenvalue weighted by atomic mass is 9.99. The summed E-state index contributed by atoms with van der Waals surface area (Å²) in [6.07, 6.45) is 1.00. The van der Waals surface area contributed by atoms with Crippen molar-refractivity contribution in [2.24, 2.45) is 0 Å². The van der Waals surface area contributed by atoms with Crippen molar-refractivity contribution in [1.29, 1.82) is 0 Å². The van der Waals surface area contributed by atoms with Crippen LogP contribution >= 0.6 is 0 Å². The molecule has 1 amide bonds. The van der Waals surface area contributed by atoms with Crippen LogP contribution in [0.25, 0.3) is 0 Å². The molecule has 24 heavy (non-hydrogen) atoms. The van der Waals surface area contributed by atoms with Gasteiger partial charge in [0.25, 0.3) is 10.0 Å². The van der Waals surface area contributed by atoms with E-state index in [4.69, 9.17) is 0 Å². The Morgan fingerprint density at radius 1 is 1.08 bits per heavy atom. The van der Waals surface area contributed by atoms with Crippen molar-refractivity contribution in [1.82, 2.24) is 0 Å². The maximum absolute atomic E-state index is 12.5. The van der Waals surface area contributed by atoms with Gasteiger partial charge in [-0.2, -0.15) is 0 Å². The first-order valence-corrected chi connectivity index (χ1v) is 9.30. The first-order valence-electron chi connectivity index (χ1n) is 7.82. The molecule has 5 nitrogen and oxygen atoms in total. The Bertz CT molecular complexity index is 814. The van der Waals surface area contributed by atoms with Crippen molar-refractivity contribution in [3.8, 4) is 0 Å². The number of hydrogen-bond acceptors (Lipinski definition) is 3. The fourth-order valence-corrected chi connectivity index (χ4v) is 3.34. The van der Waals surface area contributed by atoms with Gasteiger partial charge in [-0.3, -0.25) is 9.52 Å². The zero-order chi connectivity index (χ0) is 17.7. The van der Waals surface area contributed by atoms with Crippen molar-refractivity contribution in [2.45, 2.75) is 38.0 Å². The van der Waals surface area contributed by atoms with E-state index >= 15 is 0 Å². The molecule has 2 rings (SSSR count). The Morgan fingerprint density at radius 3 is 2.29 bits per heavy atom. The molecule has 0 spiro atoms. The number of benzene rings is 2.